The fraction of sp³-hybridized carbons (Fsp3) is 0.731. The van der Waals surface area contributed by atoms with Crippen LogP contribution in [0.2, 0.25) is 0 Å². The second-order valence-electron chi connectivity index (χ2n) is 20.2. The molecule has 0 aromatic heterocycles. The van der Waals surface area contributed by atoms with Gasteiger partial charge in [-0.15, -0.1) is 0 Å². The lowest BCUT2D eigenvalue weighted by molar-refractivity contribution is -0.163. The van der Waals surface area contributed by atoms with Crippen LogP contribution in [0.5, 0.6) is 0 Å². The zero-order valence-electron chi connectivity index (χ0n) is 47.7. The van der Waals surface area contributed by atoms with Crippen molar-refractivity contribution >= 4 is 11.9 Å². The molecule has 0 aliphatic heterocycles. The van der Waals surface area contributed by atoms with Crippen LogP contribution in [0.1, 0.15) is 290 Å². The molecule has 0 aromatic rings. The molecule has 0 saturated carbocycles. The van der Waals surface area contributed by atoms with Crippen LogP contribution in [0.15, 0.2) is 97.2 Å². The summed E-state index contributed by atoms with van der Waals surface area (Å²) < 4.78 is 17.5. The van der Waals surface area contributed by atoms with Crippen molar-refractivity contribution in [1.29, 1.82) is 0 Å². The number of unbranched alkanes of at least 4 members (excludes halogenated alkanes) is 29. The Morgan fingerprint density at radius 2 is 0.625 bits per heavy atom. The summed E-state index contributed by atoms with van der Waals surface area (Å²) >= 11 is 0. The molecule has 1 unspecified atom stereocenters. The summed E-state index contributed by atoms with van der Waals surface area (Å²) in [5, 5.41) is 0. The van der Waals surface area contributed by atoms with Gasteiger partial charge in [-0.25, -0.2) is 0 Å². The molecule has 5 heteroatoms. The Morgan fingerprint density at radius 1 is 0.319 bits per heavy atom. The first-order valence-electron chi connectivity index (χ1n) is 30.8. The molecule has 0 rings (SSSR count). The second-order valence-corrected chi connectivity index (χ2v) is 20.2. The number of esters is 2. The SMILES string of the molecule is CC/C=C\C/C=C\C/C=C\C/C=C\C/C=C\CCCCCC(=O)OCC(COCCCCCCCCCCCCCCCCCCCCCC)OC(=O)CCCCCCCCC/C=C\C/C=C\C/C=C\CC. The molecule has 0 spiro atoms. The van der Waals surface area contributed by atoms with Crippen LogP contribution in [0, 0.1) is 0 Å². The first kappa shape index (κ1) is 68.8. The van der Waals surface area contributed by atoms with Crippen LogP contribution in [0.4, 0.5) is 0 Å². The molecule has 1 atom stereocenters. The molecule has 0 aliphatic rings. The van der Waals surface area contributed by atoms with E-state index in [4.69, 9.17) is 14.2 Å². The molecule has 0 amide bonds. The molecular formula is C67H116O5. The van der Waals surface area contributed by atoms with E-state index < -0.39 is 6.10 Å². The topological polar surface area (TPSA) is 61.8 Å². The van der Waals surface area contributed by atoms with E-state index >= 15 is 0 Å². The van der Waals surface area contributed by atoms with E-state index in [2.05, 4.69) is 118 Å². The summed E-state index contributed by atoms with van der Waals surface area (Å²) in [4.78, 5) is 25.6. The average molecular weight is 1000 g/mol. The van der Waals surface area contributed by atoms with E-state index in [-0.39, 0.29) is 25.2 Å². The molecule has 0 bridgehead atoms. The van der Waals surface area contributed by atoms with Crippen LogP contribution in [0.25, 0.3) is 0 Å². The lowest BCUT2D eigenvalue weighted by Gasteiger charge is -2.18. The lowest BCUT2D eigenvalue weighted by Crippen LogP contribution is -2.30. The summed E-state index contributed by atoms with van der Waals surface area (Å²) in [5.74, 6) is -0.438. The maximum Gasteiger partial charge on any atom is 0.306 e. The number of allylic oxidation sites excluding steroid dienone is 16. The molecule has 0 fully saturated rings. The second kappa shape index (κ2) is 62.1. The number of carbonyl (C=O) groups is 2. The molecule has 0 saturated heterocycles. The standard InChI is InChI=1S/C67H116O5/c1-4-7-10-13-16-19-22-25-28-31-33-35-38-41-44-47-50-53-56-59-62-70-63-65(72-67(69)61-58-55-52-49-46-43-40-36-30-27-24-21-18-15-12-9-6-3)64-71-66(68)60-57-54-51-48-45-42-39-37-34-32-29-26-23-20-17-14-11-8-5-2/h8-9,11-12,17-18,20-21,26-27,29-30,34,37,42,45,65H,4-7,10,13-16,19,22-25,28,31-33,35-36,38-41,43-44,46-64H2,1-3H3/b11-8-,12-9-,20-17-,21-18-,29-26-,30-27-,37-34-,45-42-. The Hall–Kier alpha value is -3.18. The highest BCUT2D eigenvalue weighted by molar-refractivity contribution is 5.70. The van der Waals surface area contributed by atoms with E-state index in [1.807, 2.05) is 0 Å². The van der Waals surface area contributed by atoms with Crippen molar-refractivity contribution < 1.29 is 23.8 Å². The number of rotatable bonds is 56. The zero-order valence-corrected chi connectivity index (χ0v) is 47.7. The number of hydrogen-bond acceptors (Lipinski definition) is 5. The van der Waals surface area contributed by atoms with E-state index in [0.717, 1.165) is 116 Å². The van der Waals surface area contributed by atoms with Gasteiger partial charge in [0.1, 0.15) is 6.61 Å². The number of carbonyl (C=O) groups excluding carboxylic acids is 2. The van der Waals surface area contributed by atoms with Crippen LogP contribution in [-0.4, -0.2) is 37.9 Å². The van der Waals surface area contributed by atoms with Crippen molar-refractivity contribution in [2.24, 2.45) is 0 Å². The number of ether oxygens (including phenoxy) is 3. The van der Waals surface area contributed by atoms with Gasteiger partial charge in [0.25, 0.3) is 0 Å². The maximum absolute atomic E-state index is 12.9. The highest BCUT2D eigenvalue weighted by atomic mass is 16.6. The fourth-order valence-corrected chi connectivity index (χ4v) is 8.61. The molecule has 0 aromatic carbocycles. The Labute approximate surface area is 447 Å². The van der Waals surface area contributed by atoms with Gasteiger partial charge < -0.3 is 14.2 Å². The quantitative estimate of drug-likeness (QED) is 0.0345. The summed E-state index contributed by atoms with van der Waals surface area (Å²) in [6.07, 6.45) is 84.4. The van der Waals surface area contributed by atoms with Crippen molar-refractivity contribution in [3.8, 4) is 0 Å². The van der Waals surface area contributed by atoms with Gasteiger partial charge in [0, 0.05) is 19.4 Å². The third kappa shape index (κ3) is 59.4. The lowest BCUT2D eigenvalue weighted by atomic mass is 10.0. The smallest absolute Gasteiger partial charge is 0.306 e. The molecule has 72 heavy (non-hydrogen) atoms. The minimum atomic E-state index is -0.560. The van der Waals surface area contributed by atoms with E-state index in [0.29, 0.717) is 19.4 Å². The Balaban J connectivity index is 4.33. The van der Waals surface area contributed by atoms with E-state index in [9.17, 15) is 9.59 Å². The van der Waals surface area contributed by atoms with Crippen molar-refractivity contribution in [3.05, 3.63) is 97.2 Å². The molecule has 5 nitrogen and oxygen atoms in total. The Bertz CT molecular complexity index is 1360. The minimum absolute atomic E-state index is 0.0619. The van der Waals surface area contributed by atoms with Crippen molar-refractivity contribution in [2.75, 3.05) is 19.8 Å². The first-order chi connectivity index (χ1) is 35.6. The van der Waals surface area contributed by atoms with Gasteiger partial charge in [0.05, 0.1) is 6.61 Å². The van der Waals surface area contributed by atoms with Crippen LogP contribution in [-0.2, 0) is 23.8 Å². The van der Waals surface area contributed by atoms with Gasteiger partial charge in [-0.3, -0.25) is 9.59 Å². The van der Waals surface area contributed by atoms with Gasteiger partial charge in [-0.05, 0) is 96.3 Å². The average Bonchev–Trinajstić information content (AvgIpc) is 3.38. The Morgan fingerprint density at radius 3 is 1.01 bits per heavy atom. The van der Waals surface area contributed by atoms with Gasteiger partial charge >= 0.3 is 11.9 Å². The van der Waals surface area contributed by atoms with Gasteiger partial charge in [0.15, 0.2) is 6.10 Å². The number of hydrogen-bond donors (Lipinski definition) is 0. The van der Waals surface area contributed by atoms with Crippen molar-refractivity contribution in [1.82, 2.24) is 0 Å². The highest BCUT2D eigenvalue weighted by Crippen LogP contribution is 2.16. The summed E-state index contributed by atoms with van der Waals surface area (Å²) in [7, 11) is 0. The van der Waals surface area contributed by atoms with Crippen LogP contribution >= 0.6 is 0 Å². The Kier molecular flexibility index (Phi) is 59.4. The largest absolute Gasteiger partial charge is 0.462 e. The molecule has 0 aliphatic carbocycles. The molecule has 414 valence electrons. The molecule has 0 N–H and O–H groups in total. The normalized spacial score (nSPS) is 12.9. The monoisotopic (exact) mass is 1000 g/mol. The molecule has 0 heterocycles. The van der Waals surface area contributed by atoms with Crippen molar-refractivity contribution in [2.45, 2.75) is 297 Å². The van der Waals surface area contributed by atoms with Gasteiger partial charge in [-0.2, -0.15) is 0 Å². The summed E-state index contributed by atoms with van der Waals surface area (Å²) in [5.41, 5.74) is 0. The predicted molar refractivity (Wildman–Crippen MR) is 316 cm³/mol. The summed E-state index contributed by atoms with van der Waals surface area (Å²) in [6.45, 7) is 7.60. The fourth-order valence-electron chi connectivity index (χ4n) is 8.61. The zero-order chi connectivity index (χ0) is 52.0. The minimum Gasteiger partial charge on any atom is -0.462 e. The van der Waals surface area contributed by atoms with Crippen molar-refractivity contribution in [3.63, 3.8) is 0 Å². The summed E-state index contributed by atoms with van der Waals surface area (Å²) in [6, 6.07) is 0. The highest BCUT2D eigenvalue weighted by Gasteiger charge is 2.17. The van der Waals surface area contributed by atoms with E-state index in [1.165, 1.54) is 141 Å². The van der Waals surface area contributed by atoms with Crippen LogP contribution in [0.3, 0.4) is 0 Å². The molecular weight excluding hydrogens is 885 g/mol. The van der Waals surface area contributed by atoms with Crippen LogP contribution < -0.4 is 0 Å². The predicted octanol–water partition coefficient (Wildman–Crippen LogP) is 21.4. The van der Waals surface area contributed by atoms with Gasteiger partial charge in [-0.1, -0.05) is 279 Å². The molecule has 0 radical (unpaired) electrons. The maximum atomic E-state index is 12.9. The first-order valence-corrected chi connectivity index (χ1v) is 30.8. The third-order valence-corrected chi connectivity index (χ3v) is 13.1. The van der Waals surface area contributed by atoms with Gasteiger partial charge in [0.2, 0.25) is 0 Å². The van der Waals surface area contributed by atoms with E-state index in [1.54, 1.807) is 0 Å². The third-order valence-electron chi connectivity index (χ3n) is 13.1.